The van der Waals surface area contributed by atoms with E-state index < -0.39 is 0 Å². The summed E-state index contributed by atoms with van der Waals surface area (Å²) in [5.74, 6) is 0.201. The number of carbonyl (C=O) groups is 1. The predicted molar refractivity (Wildman–Crippen MR) is 76.7 cm³/mol. The molecule has 0 aliphatic carbocycles. The molecule has 1 aliphatic rings. The summed E-state index contributed by atoms with van der Waals surface area (Å²) in [4.78, 5) is 16.2. The number of carbonyl (C=O) groups excluding carboxylic acids is 1. The van der Waals surface area contributed by atoms with Gasteiger partial charge in [0.05, 0.1) is 6.54 Å². The van der Waals surface area contributed by atoms with Crippen molar-refractivity contribution in [3.63, 3.8) is 0 Å². The molecule has 4 heteroatoms. The van der Waals surface area contributed by atoms with Crippen LogP contribution in [0, 0.1) is 6.92 Å². The van der Waals surface area contributed by atoms with Gasteiger partial charge in [0.15, 0.2) is 0 Å². The van der Waals surface area contributed by atoms with Crippen molar-refractivity contribution in [2.45, 2.75) is 26.4 Å². The van der Waals surface area contributed by atoms with E-state index in [4.69, 9.17) is 5.73 Å². The number of amides is 1. The maximum atomic E-state index is 12.1. The van der Waals surface area contributed by atoms with Gasteiger partial charge in [-0.2, -0.15) is 0 Å². The van der Waals surface area contributed by atoms with E-state index in [9.17, 15) is 4.79 Å². The molecule has 1 aromatic rings. The molecular formula is C15H23N3O. The minimum Gasteiger partial charge on any atom is -0.336 e. The quantitative estimate of drug-likeness (QED) is 0.879. The van der Waals surface area contributed by atoms with Crippen LogP contribution in [0.1, 0.15) is 18.1 Å². The average molecular weight is 261 g/mol. The Morgan fingerprint density at radius 3 is 2.53 bits per heavy atom. The first-order chi connectivity index (χ1) is 9.10. The van der Waals surface area contributed by atoms with Crippen molar-refractivity contribution in [1.82, 2.24) is 9.80 Å². The largest absolute Gasteiger partial charge is 0.336 e. The van der Waals surface area contributed by atoms with E-state index in [1.165, 1.54) is 11.1 Å². The normalized spacial score (nSPS) is 18.7. The number of rotatable bonds is 4. The highest BCUT2D eigenvalue weighted by Crippen LogP contribution is 2.12. The Balaban J connectivity index is 1.93. The Morgan fingerprint density at radius 1 is 1.26 bits per heavy atom. The first kappa shape index (κ1) is 14.0. The van der Waals surface area contributed by atoms with Gasteiger partial charge in [0.2, 0.25) is 5.91 Å². The topological polar surface area (TPSA) is 49.6 Å². The number of aryl methyl sites for hydroxylation is 1. The summed E-state index contributed by atoms with van der Waals surface area (Å²) in [5, 5.41) is 0. The first-order valence-corrected chi connectivity index (χ1v) is 6.87. The fourth-order valence-corrected chi connectivity index (χ4v) is 2.33. The van der Waals surface area contributed by atoms with Gasteiger partial charge in [0.1, 0.15) is 0 Å². The molecule has 104 valence electrons. The van der Waals surface area contributed by atoms with Crippen molar-refractivity contribution in [3.05, 3.63) is 35.4 Å². The minimum atomic E-state index is 0.201. The third kappa shape index (κ3) is 3.55. The molecule has 1 unspecified atom stereocenters. The van der Waals surface area contributed by atoms with E-state index >= 15 is 0 Å². The van der Waals surface area contributed by atoms with Crippen LogP contribution in [0.15, 0.2) is 24.3 Å². The third-order valence-electron chi connectivity index (χ3n) is 3.81. The van der Waals surface area contributed by atoms with E-state index in [1.807, 2.05) is 4.90 Å². The van der Waals surface area contributed by atoms with Crippen molar-refractivity contribution < 1.29 is 4.79 Å². The Kier molecular flexibility index (Phi) is 4.56. The van der Waals surface area contributed by atoms with Crippen LogP contribution in [0.25, 0.3) is 0 Å². The lowest BCUT2D eigenvalue weighted by molar-refractivity contribution is -0.137. The van der Waals surface area contributed by atoms with Gasteiger partial charge in [0, 0.05) is 32.2 Å². The molecule has 0 bridgehead atoms. The molecule has 0 aromatic heterocycles. The van der Waals surface area contributed by atoms with Gasteiger partial charge in [-0.25, -0.2) is 0 Å². The van der Waals surface area contributed by atoms with Crippen molar-refractivity contribution in [1.29, 1.82) is 0 Å². The lowest BCUT2D eigenvalue weighted by Crippen LogP contribution is -2.53. The van der Waals surface area contributed by atoms with Gasteiger partial charge in [-0.1, -0.05) is 29.8 Å². The van der Waals surface area contributed by atoms with Gasteiger partial charge in [-0.3, -0.25) is 9.69 Å². The molecule has 4 nitrogen and oxygen atoms in total. The summed E-state index contributed by atoms with van der Waals surface area (Å²) in [6, 6.07) is 8.65. The second kappa shape index (κ2) is 6.17. The standard InChI is InChI=1S/C15H23N3O/c1-12-3-5-14(6-4-12)10-18-8-7-17(11-15(18)19)13(2)9-16/h3-6,13H,7-11,16H2,1-2H3. The zero-order chi connectivity index (χ0) is 13.8. The zero-order valence-corrected chi connectivity index (χ0v) is 11.8. The maximum Gasteiger partial charge on any atom is 0.237 e. The second-order valence-electron chi connectivity index (χ2n) is 5.36. The van der Waals surface area contributed by atoms with Crippen molar-refractivity contribution in [2.24, 2.45) is 5.73 Å². The molecule has 1 amide bonds. The summed E-state index contributed by atoms with van der Waals surface area (Å²) >= 11 is 0. The highest BCUT2D eigenvalue weighted by atomic mass is 16.2. The fourth-order valence-electron chi connectivity index (χ4n) is 2.33. The Hall–Kier alpha value is -1.39. The number of nitrogens with zero attached hydrogens (tertiary/aromatic N) is 2. The van der Waals surface area contributed by atoms with Crippen LogP contribution in [0.5, 0.6) is 0 Å². The van der Waals surface area contributed by atoms with Crippen molar-refractivity contribution >= 4 is 5.91 Å². The summed E-state index contributed by atoms with van der Waals surface area (Å²) < 4.78 is 0. The number of piperazine rings is 1. The van der Waals surface area contributed by atoms with Crippen LogP contribution in [0.3, 0.4) is 0 Å². The maximum absolute atomic E-state index is 12.1. The van der Waals surface area contributed by atoms with E-state index in [0.717, 1.165) is 13.1 Å². The van der Waals surface area contributed by atoms with Gasteiger partial charge < -0.3 is 10.6 Å². The van der Waals surface area contributed by atoms with Crippen molar-refractivity contribution in [3.8, 4) is 0 Å². The number of hydrogen-bond acceptors (Lipinski definition) is 3. The molecule has 2 N–H and O–H groups in total. The molecule has 1 atom stereocenters. The summed E-state index contributed by atoms with van der Waals surface area (Å²) in [5.41, 5.74) is 8.09. The average Bonchev–Trinajstić information content (AvgIpc) is 2.42. The molecule has 0 spiro atoms. The van der Waals surface area contributed by atoms with Crippen LogP contribution in [0.4, 0.5) is 0 Å². The number of hydrogen-bond donors (Lipinski definition) is 1. The molecule has 1 heterocycles. The van der Waals surface area contributed by atoms with Crippen LogP contribution < -0.4 is 5.73 Å². The second-order valence-corrected chi connectivity index (χ2v) is 5.36. The molecule has 1 aliphatic heterocycles. The SMILES string of the molecule is Cc1ccc(CN2CCN(C(C)CN)CC2=O)cc1. The van der Waals surface area contributed by atoms with Gasteiger partial charge in [-0.15, -0.1) is 0 Å². The Bertz CT molecular complexity index is 430. The fraction of sp³-hybridized carbons (Fsp3) is 0.533. The van der Waals surface area contributed by atoms with Crippen LogP contribution >= 0.6 is 0 Å². The van der Waals surface area contributed by atoms with Crippen LogP contribution in [0.2, 0.25) is 0 Å². The molecule has 1 fully saturated rings. The lowest BCUT2D eigenvalue weighted by atomic mass is 10.1. The van der Waals surface area contributed by atoms with Gasteiger partial charge in [0.25, 0.3) is 0 Å². The Labute approximate surface area is 115 Å². The van der Waals surface area contributed by atoms with E-state index in [2.05, 4.69) is 43.0 Å². The number of benzene rings is 1. The zero-order valence-electron chi connectivity index (χ0n) is 11.8. The van der Waals surface area contributed by atoms with E-state index in [0.29, 0.717) is 19.6 Å². The molecule has 1 aromatic carbocycles. The number of nitrogens with two attached hydrogens (primary N) is 1. The molecular weight excluding hydrogens is 238 g/mol. The predicted octanol–water partition coefficient (Wildman–Crippen LogP) is 0.986. The molecule has 0 radical (unpaired) electrons. The van der Waals surface area contributed by atoms with E-state index in [-0.39, 0.29) is 11.9 Å². The molecule has 19 heavy (non-hydrogen) atoms. The van der Waals surface area contributed by atoms with Crippen molar-refractivity contribution in [2.75, 3.05) is 26.2 Å². The highest BCUT2D eigenvalue weighted by molar-refractivity contribution is 5.79. The summed E-state index contributed by atoms with van der Waals surface area (Å²) in [7, 11) is 0. The first-order valence-electron chi connectivity index (χ1n) is 6.87. The van der Waals surface area contributed by atoms with Crippen LogP contribution in [-0.4, -0.2) is 47.9 Å². The third-order valence-corrected chi connectivity index (χ3v) is 3.81. The molecule has 2 rings (SSSR count). The van der Waals surface area contributed by atoms with Gasteiger partial charge in [-0.05, 0) is 19.4 Å². The van der Waals surface area contributed by atoms with Gasteiger partial charge >= 0.3 is 0 Å². The van der Waals surface area contributed by atoms with E-state index in [1.54, 1.807) is 0 Å². The monoisotopic (exact) mass is 261 g/mol. The lowest BCUT2D eigenvalue weighted by Gasteiger charge is -2.37. The molecule has 0 saturated carbocycles. The van der Waals surface area contributed by atoms with Crippen LogP contribution in [-0.2, 0) is 11.3 Å². The highest BCUT2D eigenvalue weighted by Gasteiger charge is 2.26. The Morgan fingerprint density at radius 2 is 1.95 bits per heavy atom. The molecule has 1 saturated heterocycles. The summed E-state index contributed by atoms with van der Waals surface area (Å²) in [6.45, 7) is 7.65. The summed E-state index contributed by atoms with van der Waals surface area (Å²) in [6.07, 6.45) is 0. The smallest absolute Gasteiger partial charge is 0.237 e. The minimum absolute atomic E-state index is 0.201.